The zero-order valence-corrected chi connectivity index (χ0v) is 12.2. The molecule has 106 valence electrons. The number of halogens is 1. The van der Waals surface area contributed by atoms with E-state index in [1.165, 1.54) is 12.8 Å². The Kier molecular flexibility index (Phi) is 2.89. The van der Waals surface area contributed by atoms with Crippen molar-refractivity contribution in [3.8, 4) is 5.75 Å². The van der Waals surface area contributed by atoms with E-state index in [1.54, 1.807) is 12.1 Å². The van der Waals surface area contributed by atoms with E-state index >= 15 is 0 Å². The van der Waals surface area contributed by atoms with Crippen molar-refractivity contribution >= 4 is 22.6 Å². The highest BCUT2D eigenvalue weighted by molar-refractivity contribution is 6.31. The number of phenolic OH excluding ortho intramolecular Hbond substituents is 1. The summed E-state index contributed by atoms with van der Waals surface area (Å²) in [6.45, 7) is 0. The fraction of sp³-hybridized carbons (Fsp3) is 0.235. The molecular weight excluding hydrogens is 284 g/mol. The molecule has 0 atom stereocenters. The van der Waals surface area contributed by atoms with Gasteiger partial charge < -0.3 is 9.67 Å². The first kappa shape index (κ1) is 12.7. The molecule has 1 saturated carbocycles. The van der Waals surface area contributed by atoms with Gasteiger partial charge in [-0.05, 0) is 48.7 Å². The minimum Gasteiger partial charge on any atom is -0.508 e. The van der Waals surface area contributed by atoms with Gasteiger partial charge in [-0.2, -0.15) is 0 Å². The molecule has 21 heavy (non-hydrogen) atoms. The second-order valence-corrected chi connectivity index (χ2v) is 6.05. The largest absolute Gasteiger partial charge is 0.508 e. The van der Waals surface area contributed by atoms with Crippen LogP contribution in [0.25, 0.3) is 11.0 Å². The predicted octanol–water partition coefficient (Wildman–Crippen LogP) is 4.32. The van der Waals surface area contributed by atoms with Crippen LogP contribution in [0.3, 0.4) is 0 Å². The van der Waals surface area contributed by atoms with Crippen LogP contribution < -0.4 is 0 Å². The van der Waals surface area contributed by atoms with Crippen molar-refractivity contribution in [3.63, 3.8) is 0 Å². The summed E-state index contributed by atoms with van der Waals surface area (Å²) in [6.07, 6.45) is 3.12. The number of aromatic hydroxyl groups is 1. The third-order valence-corrected chi connectivity index (χ3v) is 4.14. The summed E-state index contributed by atoms with van der Waals surface area (Å²) in [7, 11) is 0. The van der Waals surface area contributed by atoms with Gasteiger partial charge in [-0.1, -0.05) is 23.7 Å². The molecule has 4 rings (SSSR count). The van der Waals surface area contributed by atoms with E-state index in [4.69, 9.17) is 16.6 Å². The average Bonchev–Trinajstić information content (AvgIpc) is 3.21. The highest BCUT2D eigenvalue weighted by Gasteiger charge is 2.28. The van der Waals surface area contributed by atoms with Gasteiger partial charge in [-0.25, -0.2) is 4.98 Å². The van der Waals surface area contributed by atoms with Crippen molar-refractivity contribution < 1.29 is 5.11 Å². The maximum Gasteiger partial charge on any atom is 0.115 e. The third-order valence-electron chi connectivity index (χ3n) is 3.91. The summed E-state index contributed by atoms with van der Waals surface area (Å²) >= 11 is 6.13. The summed E-state index contributed by atoms with van der Waals surface area (Å²) in [5, 5.41) is 10.4. The number of imidazole rings is 1. The molecule has 0 spiro atoms. The molecule has 1 aliphatic rings. The monoisotopic (exact) mass is 298 g/mol. The van der Waals surface area contributed by atoms with E-state index in [-0.39, 0.29) is 0 Å². The fourth-order valence-electron chi connectivity index (χ4n) is 2.83. The quantitative estimate of drug-likeness (QED) is 0.782. The van der Waals surface area contributed by atoms with Crippen LogP contribution in [-0.4, -0.2) is 14.7 Å². The molecule has 3 nitrogen and oxygen atoms in total. The van der Waals surface area contributed by atoms with E-state index in [0.717, 1.165) is 33.9 Å². The van der Waals surface area contributed by atoms with Gasteiger partial charge >= 0.3 is 0 Å². The molecule has 3 aromatic rings. The highest BCUT2D eigenvalue weighted by atomic mass is 35.5. The summed E-state index contributed by atoms with van der Waals surface area (Å²) in [5.74, 6) is 1.34. The molecule has 1 N–H and O–H groups in total. The van der Waals surface area contributed by atoms with Gasteiger partial charge in [0.1, 0.15) is 11.6 Å². The third kappa shape index (κ3) is 2.38. The fourth-order valence-corrected chi connectivity index (χ4v) is 3.00. The van der Waals surface area contributed by atoms with E-state index in [2.05, 4.69) is 4.57 Å². The maximum absolute atomic E-state index is 9.61. The summed E-state index contributed by atoms with van der Waals surface area (Å²) < 4.78 is 2.31. The molecule has 0 aliphatic heterocycles. The number of nitrogens with zero attached hydrogens (tertiary/aromatic N) is 2. The lowest BCUT2D eigenvalue weighted by Gasteiger charge is -2.08. The molecule has 1 fully saturated rings. The Morgan fingerprint density at radius 1 is 1.19 bits per heavy atom. The topological polar surface area (TPSA) is 38.1 Å². The minimum atomic E-state index is 0.296. The van der Waals surface area contributed by atoms with Crippen LogP contribution >= 0.6 is 11.6 Å². The molecule has 1 aromatic heterocycles. The molecular formula is C17H15ClN2O. The number of benzene rings is 2. The van der Waals surface area contributed by atoms with Crippen LogP contribution in [0, 0.1) is 0 Å². The lowest BCUT2D eigenvalue weighted by molar-refractivity contribution is 0.474. The van der Waals surface area contributed by atoms with Crippen molar-refractivity contribution in [3.05, 3.63) is 58.9 Å². The van der Waals surface area contributed by atoms with Crippen molar-refractivity contribution in [2.45, 2.75) is 25.3 Å². The van der Waals surface area contributed by atoms with Gasteiger partial charge in [0.2, 0.25) is 0 Å². The van der Waals surface area contributed by atoms with Crippen molar-refractivity contribution in [2.24, 2.45) is 0 Å². The molecule has 2 aromatic carbocycles. The lowest BCUT2D eigenvalue weighted by Crippen LogP contribution is -2.02. The molecule has 0 radical (unpaired) electrons. The van der Waals surface area contributed by atoms with Gasteiger partial charge in [0.15, 0.2) is 0 Å². The Morgan fingerprint density at radius 2 is 2.05 bits per heavy atom. The van der Waals surface area contributed by atoms with Crippen molar-refractivity contribution in [2.75, 3.05) is 0 Å². The SMILES string of the molecule is Oc1cccc(Cc2nc3ccc(Cl)cc3n2C2CC2)c1. The molecule has 0 saturated heterocycles. The lowest BCUT2D eigenvalue weighted by atomic mass is 10.1. The molecule has 0 unspecified atom stereocenters. The Balaban J connectivity index is 1.82. The summed E-state index contributed by atoms with van der Waals surface area (Å²) in [4.78, 5) is 4.76. The first-order valence-electron chi connectivity index (χ1n) is 7.15. The Labute approximate surface area is 127 Å². The Bertz CT molecular complexity index is 821. The van der Waals surface area contributed by atoms with Crippen LogP contribution in [0.2, 0.25) is 5.02 Å². The smallest absolute Gasteiger partial charge is 0.115 e. The van der Waals surface area contributed by atoms with Gasteiger partial charge in [-0.3, -0.25) is 0 Å². The number of rotatable bonds is 3. The normalized spacial score (nSPS) is 14.7. The van der Waals surface area contributed by atoms with Crippen LogP contribution in [-0.2, 0) is 6.42 Å². The van der Waals surface area contributed by atoms with Crippen molar-refractivity contribution in [1.29, 1.82) is 0 Å². The highest BCUT2D eigenvalue weighted by Crippen LogP contribution is 2.39. The van der Waals surface area contributed by atoms with E-state index < -0.39 is 0 Å². The predicted molar refractivity (Wildman–Crippen MR) is 83.9 cm³/mol. The van der Waals surface area contributed by atoms with Crippen LogP contribution in [0.15, 0.2) is 42.5 Å². The van der Waals surface area contributed by atoms with Crippen molar-refractivity contribution in [1.82, 2.24) is 9.55 Å². The first-order chi connectivity index (χ1) is 10.2. The Hall–Kier alpha value is -2.00. The van der Waals surface area contributed by atoms with E-state index in [0.29, 0.717) is 11.8 Å². The summed E-state index contributed by atoms with van der Waals surface area (Å²) in [6, 6.07) is 13.8. The molecule has 1 aliphatic carbocycles. The first-order valence-corrected chi connectivity index (χ1v) is 7.53. The number of phenols is 1. The minimum absolute atomic E-state index is 0.296. The number of hydrogen-bond donors (Lipinski definition) is 1. The van der Waals surface area contributed by atoms with Gasteiger partial charge in [0.05, 0.1) is 11.0 Å². The van der Waals surface area contributed by atoms with E-state index in [9.17, 15) is 5.11 Å². The molecule has 1 heterocycles. The summed E-state index contributed by atoms with van der Waals surface area (Å²) in [5.41, 5.74) is 3.17. The molecule has 4 heteroatoms. The van der Waals surface area contributed by atoms with Gasteiger partial charge in [-0.15, -0.1) is 0 Å². The second-order valence-electron chi connectivity index (χ2n) is 5.61. The zero-order chi connectivity index (χ0) is 14.4. The second kappa shape index (κ2) is 4.78. The Morgan fingerprint density at radius 3 is 2.81 bits per heavy atom. The number of aromatic nitrogens is 2. The van der Waals surface area contributed by atoms with Gasteiger partial charge in [0.25, 0.3) is 0 Å². The number of hydrogen-bond acceptors (Lipinski definition) is 2. The maximum atomic E-state index is 9.61. The number of fused-ring (bicyclic) bond motifs is 1. The molecule has 0 amide bonds. The average molecular weight is 299 g/mol. The standard InChI is InChI=1S/C17H15ClN2O/c18-12-4-7-15-16(10-12)20(13-5-6-13)17(19-15)9-11-2-1-3-14(21)8-11/h1-4,7-8,10,13,21H,5-6,9H2. The van der Waals surface area contributed by atoms with E-state index in [1.807, 2.05) is 30.3 Å². The van der Waals surface area contributed by atoms with Crippen LogP contribution in [0.5, 0.6) is 5.75 Å². The molecule has 0 bridgehead atoms. The van der Waals surface area contributed by atoms with Gasteiger partial charge in [0, 0.05) is 17.5 Å². The zero-order valence-electron chi connectivity index (χ0n) is 11.5. The van der Waals surface area contributed by atoms with Crippen LogP contribution in [0.1, 0.15) is 30.3 Å². The van der Waals surface area contributed by atoms with Crippen LogP contribution in [0.4, 0.5) is 0 Å².